The number of nitrogens with zero attached hydrogens (tertiary/aromatic N) is 5. The molecule has 0 atom stereocenters. The molecule has 0 unspecified atom stereocenters. The van der Waals surface area contributed by atoms with Crippen molar-refractivity contribution in [1.29, 1.82) is 0 Å². The van der Waals surface area contributed by atoms with Crippen LogP contribution in [0.4, 0.5) is 5.82 Å². The second-order valence-corrected chi connectivity index (χ2v) is 6.26. The molecule has 1 aromatic carbocycles. The molecular formula is C18H22ClN5. The SMILES string of the molecule is CCCCN(CC)c1ncnc2c1cnn2-c1ccc(C)c(Cl)c1. The number of hydrogen-bond donors (Lipinski definition) is 0. The lowest BCUT2D eigenvalue weighted by molar-refractivity contribution is 0.725. The van der Waals surface area contributed by atoms with Crippen LogP contribution in [0.5, 0.6) is 0 Å². The first-order chi connectivity index (χ1) is 11.7. The van der Waals surface area contributed by atoms with Crippen LogP contribution in [-0.4, -0.2) is 32.8 Å². The van der Waals surface area contributed by atoms with Crippen LogP contribution in [0.3, 0.4) is 0 Å². The van der Waals surface area contributed by atoms with E-state index in [4.69, 9.17) is 11.6 Å². The molecule has 3 aromatic rings. The number of rotatable bonds is 6. The van der Waals surface area contributed by atoms with Gasteiger partial charge in [0.1, 0.15) is 12.1 Å². The van der Waals surface area contributed by atoms with Crippen molar-refractivity contribution in [2.24, 2.45) is 0 Å². The Morgan fingerprint density at radius 3 is 2.75 bits per heavy atom. The van der Waals surface area contributed by atoms with Gasteiger partial charge in [0.25, 0.3) is 0 Å². The van der Waals surface area contributed by atoms with Crippen molar-refractivity contribution in [3.63, 3.8) is 0 Å². The Labute approximate surface area is 147 Å². The van der Waals surface area contributed by atoms with Crippen molar-refractivity contribution in [3.05, 3.63) is 41.3 Å². The zero-order valence-corrected chi connectivity index (χ0v) is 15.1. The summed E-state index contributed by atoms with van der Waals surface area (Å²) in [6, 6.07) is 5.91. The topological polar surface area (TPSA) is 46.8 Å². The van der Waals surface area contributed by atoms with Crippen LogP contribution < -0.4 is 4.90 Å². The van der Waals surface area contributed by atoms with Crippen LogP contribution in [0.25, 0.3) is 16.7 Å². The highest BCUT2D eigenvalue weighted by molar-refractivity contribution is 6.31. The first-order valence-electron chi connectivity index (χ1n) is 8.35. The Bertz CT molecular complexity index is 843. The van der Waals surface area contributed by atoms with E-state index < -0.39 is 0 Å². The summed E-state index contributed by atoms with van der Waals surface area (Å²) in [6.45, 7) is 8.23. The Balaban J connectivity index is 2.07. The molecule has 0 saturated heterocycles. The van der Waals surface area contributed by atoms with E-state index in [9.17, 15) is 0 Å². The molecule has 0 saturated carbocycles. The molecular weight excluding hydrogens is 322 g/mol. The molecule has 0 aliphatic carbocycles. The lowest BCUT2D eigenvalue weighted by Crippen LogP contribution is -2.25. The molecule has 0 aliphatic heterocycles. The Kier molecular flexibility index (Phi) is 5.00. The van der Waals surface area contributed by atoms with Crippen molar-refractivity contribution < 1.29 is 0 Å². The summed E-state index contributed by atoms with van der Waals surface area (Å²) < 4.78 is 1.82. The van der Waals surface area contributed by atoms with Crippen LogP contribution in [0.2, 0.25) is 5.02 Å². The first kappa shape index (κ1) is 16.7. The van der Waals surface area contributed by atoms with Crippen molar-refractivity contribution in [2.75, 3.05) is 18.0 Å². The number of unbranched alkanes of at least 4 members (excludes halogenated alkanes) is 1. The van der Waals surface area contributed by atoms with Crippen molar-refractivity contribution >= 4 is 28.5 Å². The minimum atomic E-state index is 0.726. The van der Waals surface area contributed by atoms with Gasteiger partial charge in [-0.05, 0) is 38.0 Å². The smallest absolute Gasteiger partial charge is 0.168 e. The first-order valence-corrected chi connectivity index (χ1v) is 8.73. The van der Waals surface area contributed by atoms with Gasteiger partial charge >= 0.3 is 0 Å². The third-order valence-corrected chi connectivity index (χ3v) is 4.61. The lowest BCUT2D eigenvalue weighted by atomic mass is 10.2. The molecule has 0 N–H and O–H groups in total. The Morgan fingerprint density at radius 1 is 1.21 bits per heavy atom. The number of aryl methyl sites for hydroxylation is 1. The summed E-state index contributed by atoms with van der Waals surface area (Å²) in [4.78, 5) is 11.2. The van der Waals surface area contributed by atoms with Crippen molar-refractivity contribution in [2.45, 2.75) is 33.6 Å². The minimum Gasteiger partial charge on any atom is -0.356 e. The standard InChI is InChI=1S/C18H22ClN5/c1-4-6-9-23(5-2)17-15-11-22-24(18(15)21-12-20-17)14-8-7-13(3)16(19)10-14/h7-8,10-12H,4-6,9H2,1-3H3. The molecule has 6 heteroatoms. The highest BCUT2D eigenvalue weighted by Gasteiger charge is 2.15. The van der Waals surface area contributed by atoms with Gasteiger partial charge in [0.05, 0.1) is 17.3 Å². The second kappa shape index (κ2) is 7.18. The fourth-order valence-electron chi connectivity index (χ4n) is 2.75. The Morgan fingerprint density at radius 2 is 2.04 bits per heavy atom. The second-order valence-electron chi connectivity index (χ2n) is 5.86. The van der Waals surface area contributed by atoms with E-state index in [1.54, 1.807) is 6.33 Å². The van der Waals surface area contributed by atoms with Gasteiger partial charge in [-0.2, -0.15) is 5.10 Å². The van der Waals surface area contributed by atoms with E-state index in [2.05, 4.69) is 33.8 Å². The molecule has 0 aliphatic rings. The lowest BCUT2D eigenvalue weighted by Gasteiger charge is -2.21. The predicted molar refractivity (Wildman–Crippen MR) is 99.2 cm³/mol. The molecule has 0 radical (unpaired) electrons. The molecule has 24 heavy (non-hydrogen) atoms. The molecule has 126 valence electrons. The summed E-state index contributed by atoms with van der Waals surface area (Å²) >= 11 is 6.26. The van der Waals surface area contributed by atoms with Gasteiger partial charge in [-0.25, -0.2) is 14.6 Å². The predicted octanol–water partition coefficient (Wildman–Crippen LogP) is 4.40. The third-order valence-electron chi connectivity index (χ3n) is 4.21. The summed E-state index contributed by atoms with van der Waals surface area (Å²) in [5, 5.41) is 6.21. The fraction of sp³-hybridized carbons (Fsp3) is 0.389. The number of benzene rings is 1. The highest BCUT2D eigenvalue weighted by atomic mass is 35.5. The normalized spacial score (nSPS) is 11.2. The van der Waals surface area contributed by atoms with E-state index in [1.807, 2.05) is 36.0 Å². The van der Waals surface area contributed by atoms with Gasteiger partial charge in [-0.15, -0.1) is 0 Å². The number of fused-ring (bicyclic) bond motifs is 1. The quantitative estimate of drug-likeness (QED) is 0.665. The number of hydrogen-bond acceptors (Lipinski definition) is 4. The largest absolute Gasteiger partial charge is 0.356 e. The highest BCUT2D eigenvalue weighted by Crippen LogP contribution is 2.26. The van der Waals surface area contributed by atoms with Crippen LogP contribution in [-0.2, 0) is 0 Å². The maximum Gasteiger partial charge on any atom is 0.168 e. The molecule has 5 nitrogen and oxygen atoms in total. The molecule has 0 amide bonds. The van der Waals surface area contributed by atoms with Crippen molar-refractivity contribution in [3.8, 4) is 5.69 Å². The van der Waals surface area contributed by atoms with E-state index in [-0.39, 0.29) is 0 Å². The van der Waals surface area contributed by atoms with Crippen LogP contribution in [0.1, 0.15) is 32.3 Å². The zero-order chi connectivity index (χ0) is 17.1. The molecule has 2 heterocycles. The van der Waals surface area contributed by atoms with E-state index >= 15 is 0 Å². The number of anilines is 1. The van der Waals surface area contributed by atoms with Gasteiger partial charge in [0.15, 0.2) is 5.65 Å². The summed E-state index contributed by atoms with van der Waals surface area (Å²) in [7, 11) is 0. The van der Waals surface area contributed by atoms with Gasteiger partial charge in [-0.3, -0.25) is 0 Å². The van der Waals surface area contributed by atoms with Gasteiger partial charge < -0.3 is 4.90 Å². The molecule has 3 rings (SSSR count). The minimum absolute atomic E-state index is 0.726. The van der Waals surface area contributed by atoms with E-state index in [0.717, 1.165) is 59.1 Å². The average Bonchev–Trinajstić information content (AvgIpc) is 3.03. The fourth-order valence-corrected chi connectivity index (χ4v) is 2.92. The van der Waals surface area contributed by atoms with Crippen molar-refractivity contribution in [1.82, 2.24) is 19.7 Å². The van der Waals surface area contributed by atoms with E-state index in [1.165, 1.54) is 0 Å². The number of aromatic nitrogens is 4. The molecule has 0 spiro atoms. The summed E-state index contributed by atoms with van der Waals surface area (Å²) in [6.07, 6.45) is 5.75. The molecule has 0 fully saturated rings. The monoisotopic (exact) mass is 343 g/mol. The third kappa shape index (κ3) is 3.08. The average molecular weight is 344 g/mol. The van der Waals surface area contributed by atoms with Crippen LogP contribution >= 0.6 is 11.6 Å². The summed E-state index contributed by atoms with van der Waals surface area (Å²) in [5.74, 6) is 0.945. The maximum absolute atomic E-state index is 6.26. The van der Waals surface area contributed by atoms with Crippen LogP contribution in [0.15, 0.2) is 30.7 Å². The van der Waals surface area contributed by atoms with Gasteiger partial charge in [0, 0.05) is 18.1 Å². The van der Waals surface area contributed by atoms with Crippen LogP contribution in [0, 0.1) is 6.92 Å². The molecule has 0 bridgehead atoms. The van der Waals surface area contributed by atoms with E-state index in [0.29, 0.717) is 0 Å². The number of halogens is 1. The summed E-state index contributed by atoms with van der Waals surface area (Å²) in [5.41, 5.74) is 2.75. The molecule has 2 aromatic heterocycles. The Hall–Kier alpha value is -2.14. The van der Waals surface area contributed by atoms with Gasteiger partial charge in [-0.1, -0.05) is 31.0 Å². The zero-order valence-electron chi connectivity index (χ0n) is 14.3. The maximum atomic E-state index is 6.26. The van der Waals surface area contributed by atoms with Gasteiger partial charge in [0.2, 0.25) is 0 Å².